The summed E-state index contributed by atoms with van der Waals surface area (Å²) in [5.74, 6) is 0.725. The Kier molecular flexibility index (Phi) is 4.62. The second-order valence-electron chi connectivity index (χ2n) is 4.74. The van der Waals surface area contributed by atoms with Crippen LogP contribution >= 0.6 is 15.9 Å². The summed E-state index contributed by atoms with van der Waals surface area (Å²) in [6.45, 7) is 3.84. The second kappa shape index (κ2) is 6.26. The third-order valence-corrected chi connectivity index (χ3v) is 3.56. The van der Waals surface area contributed by atoms with Gasteiger partial charge in [-0.1, -0.05) is 35.3 Å². The quantitative estimate of drug-likeness (QED) is 0.598. The van der Waals surface area contributed by atoms with E-state index in [0.29, 0.717) is 17.9 Å². The molecule has 0 saturated heterocycles. The summed E-state index contributed by atoms with van der Waals surface area (Å²) in [5, 5.41) is 15.5. The molecule has 0 spiro atoms. The Morgan fingerprint density at radius 1 is 1.48 bits per heavy atom. The van der Waals surface area contributed by atoms with E-state index in [1.165, 1.54) is 4.68 Å². The maximum absolute atomic E-state index is 11.3. The number of aromatic nitrogens is 2. The number of hydrogen-bond donors (Lipinski definition) is 0. The zero-order valence-electron chi connectivity index (χ0n) is 12.1. The van der Waals surface area contributed by atoms with Gasteiger partial charge >= 0.3 is 5.69 Å². The molecule has 0 amide bonds. The molecule has 112 valence electrons. The highest BCUT2D eigenvalue weighted by molar-refractivity contribution is 9.10. The lowest BCUT2D eigenvalue weighted by molar-refractivity contribution is -0.386. The lowest BCUT2D eigenvalue weighted by Crippen LogP contribution is -1.98. The SMILES string of the molecule is CCCc1nn(C)c(Oc2cc(Br)ccc2C)c1[N+](=O)[O-]. The van der Waals surface area contributed by atoms with Crippen molar-refractivity contribution in [2.75, 3.05) is 0 Å². The molecule has 0 unspecified atom stereocenters. The Morgan fingerprint density at radius 3 is 2.81 bits per heavy atom. The highest BCUT2D eigenvalue weighted by Gasteiger charge is 2.28. The van der Waals surface area contributed by atoms with E-state index in [4.69, 9.17) is 4.74 Å². The Hall–Kier alpha value is -1.89. The first kappa shape index (κ1) is 15.5. The molecule has 0 radical (unpaired) electrons. The molecule has 0 atom stereocenters. The van der Waals surface area contributed by atoms with Crippen molar-refractivity contribution in [3.63, 3.8) is 0 Å². The zero-order chi connectivity index (χ0) is 15.6. The molecule has 0 aliphatic carbocycles. The molecular weight excluding hydrogens is 338 g/mol. The van der Waals surface area contributed by atoms with Gasteiger partial charge in [0.2, 0.25) is 0 Å². The Labute approximate surface area is 131 Å². The van der Waals surface area contributed by atoms with Crippen LogP contribution < -0.4 is 4.74 Å². The van der Waals surface area contributed by atoms with Crippen LogP contribution in [0.2, 0.25) is 0 Å². The summed E-state index contributed by atoms with van der Waals surface area (Å²) in [5.41, 5.74) is 1.29. The molecule has 21 heavy (non-hydrogen) atoms. The van der Waals surface area contributed by atoms with Gasteiger partial charge in [0.15, 0.2) is 0 Å². The van der Waals surface area contributed by atoms with E-state index >= 15 is 0 Å². The highest BCUT2D eigenvalue weighted by Crippen LogP contribution is 2.36. The van der Waals surface area contributed by atoms with Crippen molar-refractivity contribution in [3.8, 4) is 11.6 Å². The summed E-state index contributed by atoms with van der Waals surface area (Å²) >= 11 is 3.37. The fourth-order valence-electron chi connectivity index (χ4n) is 2.04. The van der Waals surface area contributed by atoms with Crippen molar-refractivity contribution >= 4 is 21.6 Å². The molecule has 7 heteroatoms. The van der Waals surface area contributed by atoms with Crippen molar-refractivity contribution in [2.45, 2.75) is 26.7 Å². The third-order valence-electron chi connectivity index (χ3n) is 3.07. The van der Waals surface area contributed by atoms with Crippen LogP contribution in [0.15, 0.2) is 22.7 Å². The van der Waals surface area contributed by atoms with Gasteiger partial charge in [-0.3, -0.25) is 10.1 Å². The standard InChI is InChI=1S/C14H16BrN3O3/c1-4-5-11-13(18(19)20)14(17(3)16-11)21-12-8-10(15)7-6-9(12)2/h6-8H,4-5H2,1-3H3. The van der Waals surface area contributed by atoms with Crippen LogP contribution in [0.25, 0.3) is 0 Å². The van der Waals surface area contributed by atoms with Crippen LogP contribution in [0.5, 0.6) is 11.6 Å². The third kappa shape index (κ3) is 3.24. The lowest BCUT2D eigenvalue weighted by atomic mass is 10.2. The maximum Gasteiger partial charge on any atom is 0.353 e. The van der Waals surface area contributed by atoms with Crippen molar-refractivity contribution in [1.82, 2.24) is 9.78 Å². The molecule has 6 nitrogen and oxygen atoms in total. The van der Waals surface area contributed by atoms with Gasteiger partial charge in [0.25, 0.3) is 5.88 Å². The molecule has 0 bridgehead atoms. The summed E-state index contributed by atoms with van der Waals surface area (Å²) in [7, 11) is 1.65. The molecule has 1 aromatic carbocycles. The van der Waals surface area contributed by atoms with Gasteiger partial charge in [-0.05, 0) is 31.0 Å². The average molecular weight is 354 g/mol. The molecule has 0 fully saturated rings. The Balaban J connectivity index is 2.48. The number of rotatable bonds is 5. The van der Waals surface area contributed by atoms with E-state index in [2.05, 4.69) is 21.0 Å². The maximum atomic E-state index is 11.3. The van der Waals surface area contributed by atoms with Crippen molar-refractivity contribution in [1.29, 1.82) is 0 Å². The molecule has 1 heterocycles. The number of ether oxygens (including phenoxy) is 1. The molecule has 2 rings (SSSR count). The molecule has 1 aromatic heterocycles. The Morgan fingerprint density at radius 2 is 2.19 bits per heavy atom. The number of halogens is 1. The van der Waals surface area contributed by atoms with Gasteiger partial charge in [-0.25, -0.2) is 4.68 Å². The minimum atomic E-state index is -0.430. The van der Waals surface area contributed by atoms with E-state index in [-0.39, 0.29) is 11.6 Å². The van der Waals surface area contributed by atoms with Crippen LogP contribution in [-0.4, -0.2) is 14.7 Å². The largest absolute Gasteiger partial charge is 0.434 e. The lowest BCUT2D eigenvalue weighted by Gasteiger charge is -2.08. The van der Waals surface area contributed by atoms with E-state index in [1.54, 1.807) is 13.1 Å². The monoisotopic (exact) mass is 353 g/mol. The number of benzene rings is 1. The minimum absolute atomic E-state index is 0.0567. The number of nitrogens with zero attached hydrogens (tertiary/aromatic N) is 3. The van der Waals surface area contributed by atoms with E-state index in [0.717, 1.165) is 16.5 Å². The number of hydrogen-bond acceptors (Lipinski definition) is 4. The Bertz CT molecular complexity index is 682. The predicted octanol–water partition coefficient (Wildman–Crippen LogP) is 4.14. The van der Waals surface area contributed by atoms with Crippen LogP contribution in [0.1, 0.15) is 24.6 Å². The second-order valence-corrected chi connectivity index (χ2v) is 5.66. The van der Waals surface area contributed by atoms with Crippen molar-refractivity contribution in [2.24, 2.45) is 7.05 Å². The van der Waals surface area contributed by atoms with E-state index in [1.807, 2.05) is 26.0 Å². The average Bonchev–Trinajstić information content (AvgIpc) is 2.71. The van der Waals surface area contributed by atoms with Crippen LogP contribution in [0, 0.1) is 17.0 Å². The summed E-state index contributed by atoms with van der Waals surface area (Å²) < 4.78 is 8.04. The fourth-order valence-corrected chi connectivity index (χ4v) is 2.38. The van der Waals surface area contributed by atoms with Gasteiger partial charge in [-0.15, -0.1) is 0 Å². The van der Waals surface area contributed by atoms with Crippen molar-refractivity contribution < 1.29 is 9.66 Å². The van der Waals surface area contributed by atoms with Gasteiger partial charge in [0, 0.05) is 11.5 Å². The zero-order valence-corrected chi connectivity index (χ0v) is 13.7. The molecule has 0 aliphatic rings. The molecule has 2 aromatic rings. The number of aryl methyl sites for hydroxylation is 3. The molecule has 0 aliphatic heterocycles. The topological polar surface area (TPSA) is 70.2 Å². The predicted molar refractivity (Wildman–Crippen MR) is 82.8 cm³/mol. The van der Waals surface area contributed by atoms with Gasteiger partial charge in [0.1, 0.15) is 11.4 Å². The fraction of sp³-hybridized carbons (Fsp3) is 0.357. The normalized spacial score (nSPS) is 10.7. The smallest absolute Gasteiger partial charge is 0.353 e. The van der Waals surface area contributed by atoms with Gasteiger partial charge in [0.05, 0.1) is 4.92 Å². The van der Waals surface area contributed by atoms with E-state index < -0.39 is 4.92 Å². The first-order valence-corrected chi connectivity index (χ1v) is 7.37. The van der Waals surface area contributed by atoms with Crippen LogP contribution in [-0.2, 0) is 13.5 Å². The van der Waals surface area contributed by atoms with Gasteiger partial charge < -0.3 is 4.74 Å². The number of nitro groups is 1. The highest BCUT2D eigenvalue weighted by atomic mass is 79.9. The first-order valence-electron chi connectivity index (χ1n) is 6.58. The first-order chi connectivity index (χ1) is 9.93. The summed E-state index contributed by atoms with van der Waals surface area (Å²) in [6.07, 6.45) is 1.33. The summed E-state index contributed by atoms with van der Waals surface area (Å²) in [4.78, 5) is 10.9. The molecule has 0 saturated carbocycles. The van der Waals surface area contributed by atoms with E-state index in [9.17, 15) is 10.1 Å². The van der Waals surface area contributed by atoms with Crippen molar-refractivity contribution in [3.05, 3.63) is 44.0 Å². The van der Waals surface area contributed by atoms with Crippen LogP contribution in [0.4, 0.5) is 5.69 Å². The minimum Gasteiger partial charge on any atom is -0.434 e. The summed E-state index contributed by atoms with van der Waals surface area (Å²) in [6, 6.07) is 5.56. The van der Waals surface area contributed by atoms with Gasteiger partial charge in [-0.2, -0.15) is 5.10 Å². The molecular formula is C14H16BrN3O3. The van der Waals surface area contributed by atoms with Crippen LogP contribution in [0.3, 0.4) is 0 Å². The molecule has 0 N–H and O–H groups in total.